The number of ether oxygens (including phenoxy) is 1. The Kier molecular flexibility index (Phi) is 8.13. The minimum atomic E-state index is -1.00. The Morgan fingerprint density at radius 2 is 1.74 bits per heavy atom. The van der Waals surface area contributed by atoms with E-state index in [0.29, 0.717) is 33.8 Å². The lowest BCUT2D eigenvalue weighted by molar-refractivity contribution is -0.132. The minimum Gasteiger partial charge on any atom is -0.507 e. The zero-order chi connectivity index (χ0) is 29.9. The average molecular weight is 610 g/mol. The molecule has 0 aliphatic carbocycles. The number of thioether (sulfide) groups is 1. The van der Waals surface area contributed by atoms with Crippen molar-refractivity contribution < 1.29 is 23.8 Å². The number of Topliss-reactive ketones (excluding diaryl/α,β-unsaturated/α-hetero) is 1. The number of furan rings is 1. The maximum Gasteiger partial charge on any atom is 0.302 e. The van der Waals surface area contributed by atoms with E-state index < -0.39 is 17.7 Å². The summed E-state index contributed by atoms with van der Waals surface area (Å²) in [6, 6.07) is 25.3. The van der Waals surface area contributed by atoms with Gasteiger partial charge in [-0.1, -0.05) is 77.2 Å². The quantitative estimate of drug-likeness (QED) is 0.0613. The molecule has 0 spiro atoms. The van der Waals surface area contributed by atoms with Crippen LogP contribution in [0.5, 0.6) is 5.75 Å². The van der Waals surface area contributed by atoms with Crippen molar-refractivity contribution in [2.24, 2.45) is 0 Å². The Bertz CT molecular complexity index is 1800. The highest BCUT2D eigenvalue weighted by Gasteiger charge is 2.49. The zero-order valence-electron chi connectivity index (χ0n) is 23.4. The molecule has 1 aliphatic heterocycles. The molecule has 8 nitrogen and oxygen atoms in total. The fourth-order valence-corrected chi connectivity index (χ4v) is 6.55. The van der Waals surface area contributed by atoms with Crippen LogP contribution >= 0.6 is 23.1 Å². The van der Waals surface area contributed by atoms with E-state index in [1.54, 1.807) is 36.4 Å². The summed E-state index contributed by atoms with van der Waals surface area (Å²) >= 11 is 2.70. The number of aromatic nitrogens is 2. The fourth-order valence-electron chi connectivity index (χ4n) is 4.73. The number of anilines is 1. The third kappa shape index (κ3) is 5.97. The van der Waals surface area contributed by atoms with Gasteiger partial charge in [0.05, 0.1) is 11.8 Å². The molecule has 10 heteroatoms. The third-order valence-corrected chi connectivity index (χ3v) is 9.25. The van der Waals surface area contributed by atoms with E-state index in [9.17, 15) is 14.7 Å². The smallest absolute Gasteiger partial charge is 0.302 e. The highest BCUT2D eigenvalue weighted by molar-refractivity contribution is 8.00. The summed E-state index contributed by atoms with van der Waals surface area (Å²) in [6.45, 7) is 4.46. The number of ketones is 1. The monoisotopic (exact) mass is 609 g/mol. The fraction of sp³-hybridized carbons (Fsp3) is 0.152. The molecule has 3 aromatic carbocycles. The minimum absolute atomic E-state index is 0.0856. The van der Waals surface area contributed by atoms with Gasteiger partial charge in [0.15, 0.2) is 4.34 Å². The van der Waals surface area contributed by atoms with Gasteiger partial charge in [0.1, 0.15) is 29.9 Å². The molecule has 1 N–H and O–H groups in total. The number of aliphatic hydroxyl groups excluding tert-OH is 1. The van der Waals surface area contributed by atoms with E-state index in [4.69, 9.17) is 9.15 Å². The first-order chi connectivity index (χ1) is 20.9. The number of carbonyl (C=O) groups is 2. The first-order valence-electron chi connectivity index (χ1n) is 13.5. The van der Waals surface area contributed by atoms with Crippen molar-refractivity contribution in [3.05, 3.63) is 130 Å². The number of hydrogen-bond acceptors (Lipinski definition) is 9. The lowest BCUT2D eigenvalue weighted by Gasteiger charge is -2.20. The second-order valence-electron chi connectivity index (χ2n) is 10.0. The average Bonchev–Trinajstić information content (AvgIpc) is 3.77. The SMILES string of the molecule is Cc1ccc(CSc2nnc(N3C(=O)C(=O)/C(=C(/O)c4ccc(OCc5ccccc5C)cc4)C3c3ccco3)s2)cc1. The van der Waals surface area contributed by atoms with Crippen LogP contribution in [0.4, 0.5) is 5.13 Å². The summed E-state index contributed by atoms with van der Waals surface area (Å²) in [4.78, 5) is 28.0. The molecule has 0 bridgehead atoms. The Labute approximate surface area is 256 Å². The number of carbonyl (C=O) groups excluding carboxylic acids is 2. The molecule has 1 fully saturated rings. The van der Waals surface area contributed by atoms with Gasteiger partial charge < -0.3 is 14.3 Å². The van der Waals surface area contributed by atoms with Gasteiger partial charge in [-0.15, -0.1) is 10.2 Å². The summed E-state index contributed by atoms with van der Waals surface area (Å²) < 4.78 is 12.2. The van der Waals surface area contributed by atoms with Crippen molar-refractivity contribution in [3.8, 4) is 5.75 Å². The van der Waals surface area contributed by atoms with Gasteiger partial charge in [0.2, 0.25) is 5.13 Å². The molecule has 1 aliphatic rings. The zero-order valence-corrected chi connectivity index (χ0v) is 25.0. The van der Waals surface area contributed by atoms with Crippen molar-refractivity contribution in [3.63, 3.8) is 0 Å². The van der Waals surface area contributed by atoms with Crippen LogP contribution in [0.25, 0.3) is 5.76 Å². The Morgan fingerprint density at radius 3 is 2.47 bits per heavy atom. The van der Waals surface area contributed by atoms with Gasteiger partial charge in [0, 0.05) is 11.3 Å². The first-order valence-corrected chi connectivity index (χ1v) is 15.3. The number of rotatable bonds is 9. The van der Waals surface area contributed by atoms with Crippen molar-refractivity contribution >= 4 is 45.7 Å². The molecule has 43 heavy (non-hydrogen) atoms. The number of aliphatic hydroxyl groups is 1. The molecule has 1 saturated heterocycles. The Balaban J connectivity index is 1.26. The van der Waals surface area contributed by atoms with Crippen molar-refractivity contribution in [2.75, 3.05) is 4.90 Å². The molecule has 1 amide bonds. The van der Waals surface area contributed by atoms with E-state index >= 15 is 0 Å². The second-order valence-corrected chi connectivity index (χ2v) is 12.2. The van der Waals surface area contributed by atoms with Gasteiger partial charge in [-0.05, 0) is 66.9 Å². The van der Waals surface area contributed by atoms with Gasteiger partial charge in [-0.2, -0.15) is 0 Å². The first kappa shape index (κ1) is 28.4. The molecule has 3 heterocycles. The number of nitrogens with zero attached hydrogens (tertiary/aromatic N) is 3. The van der Waals surface area contributed by atoms with Crippen LogP contribution in [0, 0.1) is 13.8 Å². The van der Waals surface area contributed by atoms with Crippen LogP contribution in [-0.2, 0) is 21.9 Å². The maximum atomic E-state index is 13.4. The standard InChI is InChI=1S/C33H27N3O5S2/c1-20-9-11-22(12-10-20)19-42-33-35-34-32(43-33)36-28(26-8-5-17-40-26)27(30(38)31(36)39)29(37)23-13-15-25(16-14-23)41-18-24-7-4-3-6-21(24)2/h3-17,28,37H,18-19H2,1-2H3/b29-27+. The number of aryl methyl sites for hydroxylation is 2. The van der Waals surface area contributed by atoms with Gasteiger partial charge in [-0.25, -0.2) is 0 Å². The van der Waals surface area contributed by atoms with E-state index in [1.165, 1.54) is 39.8 Å². The third-order valence-electron chi connectivity index (χ3n) is 7.13. The molecule has 6 rings (SSSR count). The van der Waals surface area contributed by atoms with Gasteiger partial charge in [0.25, 0.3) is 5.78 Å². The predicted octanol–water partition coefficient (Wildman–Crippen LogP) is 7.25. The molecule has 2 aromatic heterocycles. The predicted molar refractivity (Wildman–Crippen MR) is 166 cm³/mol. The van der Waals surface area contributed by atoms with Gasteiger partial charge in [-0.3, -0.25) is 14.5 Å². The molecule has 0 radical (unpaired) electrons. The van der Waals surface area contributed by atoms with Gasteiger partial charge >= 0.3 is 5.91 Å². The molecular weight excluding hydrogens is 583 g/mol. The Morgan fingerprint density at radius 1 is 0.977 bits per heavy atom. The molecular formula is C33H27N3O5S2. The highest BCUT2D eigenvalue weighted by atomic mass is 32.2. The highest BCUT2D eigenvalue weighted by Crippen LogP contribution is 2.44. The summed E-state index contributed by atoms with van der Waals surface area (Å²) in [7, 11) is 0. The Hall–Kier alpha value is -4.67. The number of benzene rings is 3. The summed E-state index contributed by atoms with van der Waals surface area (Å²) in [5.41, 5.74) is 4.80. The lowest BCUT2D eigenvalue weighted by atomic mass is 9.99. The molecule has 0 saturated carbocycles. The van der Waals surface area contributed by atoms with E-state index in [2.05, 4.69) is 34.5 Å². The number of amides is 1. The number of hydrogen-bond donors (Lipinski definition) is 1. The topological polar surface area (TPSA) is 106 Å². The van der Waals surface area contributed by atoms with E-state index in [1.807, 2.05) is 38.1 Å². The summed E-state index contributed by atoms with van der Waals surface area (Å²) in [5, 5.41) is 20.1. The molecule has 1 unspecified atom stereocenters. The van der Waals surface area contributed by atoms with E-state index in [-0.39, 0.29) is 16.5 Å². The second kappa shape index (κ2) is 12.3. The van der Waals surface area contributed by atoms with Crippen molar-refractivity contribution in [2.45, 2.75) is 36.6 Å². The maximum absolute atomic E-state index is 13.4. The van der Waals surface area contributed by atoms with E-state index in [0.717, 1.165) is 16.7 Å². The largest absolute Gasteiger partial charge is 0.507 e. The van der Waals surface area contributed by atoms with Crippen LogP contribution < -0.4 is 9.64 Å². The van der Waals surface area contributed by atoms with Crippen LogP contribution in [-0.4, -0.2) is 27.0 Å². The molecule has 216 valence electrons. The lowest BCUT2D eigenvalue weighted by Crippen LogP contribution is -2.29. The van der Waals surface area contributed by atoms with Crippen molar-refractivity contribution in [1.29, 1.82) is 0 Å². The van der Waals surface area contributed by atoms with Crippen LogP contribution in [0.2, 0.25) is 0 Å². The summed E-state index contributed by atoms with van der Waals surface area (Å²) in [6.07, 6.45) is 1.46. The molecule has 1 atom stereocenters. The normalized spacial score (nSPS) is 16.1. The van der Waals surface area contributed by atoms with Crippen LogP contribution in [0.1, 0.15) is 39.6 Å². The molecule has 5 aromatic rings. The van der Waals surface area contributed by atoms with Crippen molar-refractivity contribution in [1.82, 2.24) is 10.2 Å². The summed E-state index contributed by atoms with van der Waals surface area (Å²) in [5.74, 6) is -0.350. The van der Waals surface area contributed by atoms with Crippen LogP contribution in [0.3, 0.4) is 0 Å². The van der Waals surface area contributed by atoms with Crippen LogP contribution in [0.15, 0.2) is 106 Å².